The maximum absolute atomic E-state index is 13.2. The zero-order valence-electron chi connectivity index (χ0n) is 16.6. The van der Waals surface area contributed by atoms with E-state index in [4.69, 9.17) is 4.74 Å². The molecule has 1 heterocycles. The van der Waals surface area contributed by atoms with Gasteiger partial charge in [0.2, 0.25) is 11.8 Å². The van der Waals surface area contributed by atoms with Gasteiger partial charge in [0.1, 0.15) is 11.9 Å². The van der Waals surface area contributed by atoms with E-state index in [9.17, 15) is 14.7 Å². The first-order chi connectivity index (χ1) is 14.6. The summed E-state index contributed by atoms with van der Waals surface area (Å²) in [6, 6.07) is 14.4. The van der Waals surface area contributed by atoms with E-state index in [1.54, 1.807) is 31.4 Å². The molecule has 152 valence electrons. The fourth-order valence-electron chi connectivity index (χ4n) is 6.00. The maximum Gasteiger partial charge on any atom is 0.238 e. The largest absolute Gasteiger partial charge is 0.497 e. The standard InChI is InChI=1S/C25H23NO4/c1-30-16-8-4-14(5-9-16)23(27)13-2-6-15(7-3-13)26-24(28)21-17-10-11-18(20-12-19(17)20)22(21)25(26)29/h2-11,17-23,27H,12H2,1H3/t17-,18+,19+,20-,21-,22+,23?. The van der Waals surface area contributed by atoms with E-state index < -0.39 is 6.10 Å². The van der Waals surface area contributed by atoms with Crippen LogP contribution in [0.5, 0.6) is 5.75 Å². The van der Waals surface area contributed by atoms with Crippen LogP contribution in [0.25, 0.3) is 0 Å². The number of methoxy groups -OCH3 is 1. The molecule has 2 bridgehead atoms. The number of ether oxygens (including phenoxy) is 1. The Balaban J connectivity index is 1.26. The molecule has 5 aliphatic rings. The van der Waals surface area contributed by atoms with Crippen molar-refractivity contribution in [1.29, 1.82) is 0 Å². The summed E-state index contributed by atoms with van der Waals surface area (Å²) in [5.74, 6) is 1.87. The molecule has 4 aliphatic carbocycles. The summed E-state index contributed by atoms with van der Waals surface area (Å²) in [6.07, 6.45) is 4.74. The molecule has 7 rings (SSSR count). The molecule has 5 heteroatoms. The molecule has 1 saturated heterocycles. The van der Waals surface area contributed by atoms with E-state index in [1.165, 1.54) is 4.90 Å². The number of aliphatic hydroxyl groups is 1. The monoisotopic (exact) mass is 401 g/mol. The topological polar surface area (TPSA) is 66.8 Å². The van der Waals surface area contributed by atoms with Crippen molar-refractivity contribution in [2.45, 2.75) is 12.5 Å². The lowest BCUT2D eigenvalue weighted by Gasteiger charge is -2.37. The Morgan fingerprint density at radius 1 is 0.867 bits per heavy atom. The van der Waals surface area contributed by atoms with Crippen LogP contribution in [0.4, 0.5) is 5.69 Å². The Morgan fingerprint density at radius 2 is 1.37 bits per heavy atom. The summed E-state index contributed by atoms with van der Waals surface area (Å²) in [7, 11) is 1.60. The van der Waals surface area contributed by atoms with Crippen LogP contribution in [0.2, 0.25) is 0 Å². The lowest BCUT2D eigenvalue weighted by Crippen LogP contribution is -2.40. The zero-order chi connectivity index (χ0) is 20.6. The molecule has 1 aliphatic heterocycles. The number of anilines is 1. The molecule has 2 saturated carbocycles. The van der Waals surface area contributed by atoms with Gasteiger partial charge in [-0.1, -0.05) is 36.4 Å². The normalized spacial score (nSPS) is 34.0. The second kappa shape index (κ2) is 6.29. The fraction of sp³-hybridized carbons (Fsp3) is 0.360. The Hall–Kier alpha value is -2.92. The minimum absolute atomic E-state index is 0.0573. The van der Waals surface area contributed by atoms with Gasteiger partial charge < -0.3 is 9.84 Å². The SMILES string of the molecule is COc1ccc(C(O)c2ccc(N3C(=O)[C@@H]4[C@@H]5C=C[C@@H]([C@H]6C[C@@H]56)[C@@H]4C3=O)cc2)cc1. The number of carbonyl (C=O) groups is 2. The molecule has 1 unspecified atom stereocenters. The number of imide groups is 1. The van der Waals surface area contributed by atoms with Gasteiger partial charge in [-0.2, -0.15) is 0 Å². The Kier molecular flexibility index (Phi) is 3.75. The van der Waals surface area contributed by atoms with Crippen molar-refractivity contribution in [3.05, 3.63) is 71.8 Å². The van der Waals surface area contributed by atoms with E-state index in [-0.39, 0.29) is 35.5 Å². The smallest absolute Gasteiger partial charge is 0.238 e. The summed E-state index contributed by atoms with van der Waals surface area (Å²) in [6.45, 7) is 0. The molecule has 7 atom stereocenters. The third-order valence-electron chi connectivity index (χ3n) is 7.56. The highest BCUT2D eigenvalue weighted by Gasteiger charge is 2.67. The first-order valence-corrected chi connectivity index (χ1v) is 10.6. The van der Waals surface area contributed by atoms with E-state index in [1.807, 2.05) is 24.3 Å². The predicted molar refractivity (Wildman–Crippen MR) is 111 cm³/mol. The van der Waals surface area contributed by atoms with Gasteiger partial charge in [-0.3, -0.25) is 14.5 Å². The highest BCUT2D eigenvalue weighted by Crippen LogP contribution is 2.65. The Bertz CT molecular complexity index is 1020. The van der Waals surface area contributed by atoms with Gasteiger partial charge >= 0.3 is 0 Å². The summed E-state index contributed by atoms with van der Waals surface area (Å²) < 4.78 is 5.16. The number of rotatable bonds is 4. The van der Waals surface area contributed by atoms with E-state index >= 15 is 0 Å². The predicted octanol–water partition coefficient (Wildman–Crippen LogP) is 3.33. The minimum Gasteiger partial charge on any atom is -0.497 e. The van der Waals surface area contributed by atoms with Crippen LogP contribution in [-0.2, 0) is 9.59 Å². The average Bonchev–Trinajstić information content (AvgIpc) is 3.57. The lowest BCUT2D eigenvalue weighted by atomic mass is 9.63. The van der Waals surface area contributed by atoms with Crippen LogP contribution in [0.3, 0.4) is 0 Å². The highest BCUT2D eigenvalue weighted by molar-refractivity contribution is 6.22. The van der Waals surface area contributed by atoms with E-state index in [0.717, 1.165) is 17.7 Å². The van der Waals surface area contributed by atoms with Gasteiger partial charge in [-0.05, 0) is 65.5 Å². The molecular formula is C25H23NO4. The Labute approximate surface area is 175 Å². The average molecular weight is 401 g/mol. The highest BCUT2D eigenvalue weighted by atomic mass is 16.5. The van der Waals surface area contributed by atoms with Crippen molar-refractivity contribution < 1.29 is 19.4 Å². The summed E-state index contributed by atoms with van der Waals surface area (Å²) >= 11 is 0. The van der Waals surface area contributed by atoms with Crippen LogP contribution in [-0.4, -0.2) is 24.0 Å². The van der Waals surface area contributed by atoms with Crippen molar-refractivity contribution in [3.63, 3.8) is 0 Å². The summed E-state index contributed by atoms with van der Waals surface area (Å²) in [5, 5.41) is 10.7. The fourth-order valence-corrected chi connectivity index (χ4v) is 6.00. The molecule has 0 aromatic heterocycles. The first kappa shape index (κ1) is 17.9. The number of benzene rings is 2. The molecule has 0 radical (unpaired) electrons. The van der Waals surface area contributed by atoms with Gasteiger partial charge in [0.05, 0.1) is 24.6 Å². The molecule has 2 aromatic rings. The van der Waals surface area contributed by atoms with Crippen molar-refractivity contribution in [1.82, 2.24) is 0 Å². The quantitative estimate of drug-likeness (QED) is 0.630. The number of hydrogen-bond donors (Lipinski definition) is 1. The second-order valence-corrected chi connectivity index (χ2v) is 8.93. The van der Waals surface area contributed by atoms with E-state index in [0.29, 0.717) is 23.1 Å². The molecule has 2 aromatic carbocycles. The third-order valence-corrected chi connectivity index (χ3v) is 7.56. The minimum atomic E-state index is -0.787. The number of nitrogens with zero attached hydrogens (tertiary/aromatic N) is 1. The van der Waals surface area contributed by atoms with E-state index in [2.05, 4.69) is 12.2 Å². The molecule has 0 spiro atoms. The van der Waals surface area contributed by atoms with Crippen LogP contribution >= 0.6 is 0 Å². The number of hydrogen-bond acceptors (Lipinski definition) is 4. The molecule has 2 amide bonds. The second-order valence-electron chi connectivity index (χ2n) is 8.93. The number of carbonyl (C=O) groups excluding carboxylic acids is 2. The first-order valence-electron chi connectivity index (χ1n) is 10.6. The Morgan fingerprint density at radius 3 is 1.87 bits per heavy atom. The van der Waals surface area contributed by atoms with Gasteiger partial charge in [-0.25, -0.2) is 0 Å². The van der Waals surface area contributed by atoms with Crippen molar-refractivity contribution in [3.8, 4) is 5.75 Å². The molecule has 3 fully saturated rings. The van der Waals surface area contributed by atoms with Gasteiger partial charge in [0, 0.05) is 0 Å². The van der Waals surface area contributed by atoms with Gasteiger partial charge in [0.25, 0.3) is 0 Å². The number of aliphatic hydroxyl groups excluding tert-OH is 1. The number of allylic oxidation sites excluding steroid dienone is 2. The van der Waals surface area contributed by atoms with Crippen LogP contribution < -0.4 is 9.64 Å². The lowest BCUT2D eigenvalue weighted by molar-refractivity contribution is -0.124. The van der Waals surface area contributed by atoms with Crippen LogP contribution in [0, 0.1) is 35.5 Å². The summed E-state index contributed by atoms with van der Waals surface area (Å²) in [4.78, 5) is 27.8. The van der Waals surface area contributed by atoms with Gasteiger partial charge in [-0.15, -0.1) is 0 Å². The maximum atomic E-state index is 13.2. The number of amides is 2. The molecular weight excluding hydrogens is 378 g/mol. The van der Waals surface area contributed by atoms with Crippen molar-refractivity contribution in [2.24, 2.45) is 35.5 Å². The van der Waals surface area contributed by atoms with Crippen LogP contribution in [0.15, 0.2) is 60.7 Å². The zero-order valence-corrected chi connectivity index (χ0v) is 16.6. The third kappa shape index (κ3) is 2.39. The van der Waals surface area contributed by atoms with Crippen molar-refractivity contribution in [2.75, 3.05) is 12.0 Å². The van der Waals surface area contributed by atoms with Crippen LogP contribution in [0.1, 0.15) is 23.7 Å². The summed E-state index contributed by atoms with van der Waals surface area (Å²) in [5.41, 5.74) is 2.06. The molecule has 1 N–H and O–H groups in total. The van der Waals surface area contributed by atoms with Crippen molar-refractivity contribution >= 4 is 17.5 Å². The molecule has 5 nitrogen and oxygen atoms in total. The van der Waals surface area contributed by atoms with Gasteiger partial charge in [0.15, 0.2) is 0 Å². The molecule has 30 heavy (non-hydrogen) atoms.